The van der Waals surface area contributed by atoms with E-state index in [0.717, 1.165) is 0 Å². The standard InChI is InChI=1S/C10H16N6O3/c1-15-6-7(16(18)19)5-8(15)9(17)13-3-2-4-14-10(11)12/h5-6H,2-4H2,1H3,(H,13,17)(H4,11,12,14). The van der Waals surface area contributed by atoms with Crippen LogP contribution in [0.3, 0.4) is 0 Å². The lowest BCUT2D eigenvalue weighted by Crippen LogP contribution is -2.27. The lowest BCUT2D eigenvalue weighted by Gasteiger charge is -2.04. The number of rotatable bonds is 6. The largest absolute Gasteiger partial charge is 0.370 e. The quantitative estimate of drug-likeness (QED) is 0.206. The number of guanidine groups is 1. The Balaban J connectivity index is 2.50. The molecule has 1 aromatic heterocycles. The number of nitro groups is 1. The molecule has 0 radical (unpaired) electrons. The molecule has 9 nitrogen and oxygen atoms in total. The fourth-order valence-corrected chi connectivity index (χ4v) is 1.45. The van der Waals surface area contributed by atoms with Gasteiger partial charge in [-0.25, -0.2) is 0 Å². The summed E-state index contributed by atoms with van der Waals surface area (Å²) >= 11 is 0. The van der Waals surface area contributed by atoms with Crippen molar-refractivity contribution in [1.29, 1.82) is 0 Å². The minimum atomic E-state index is -0.546. The topological polar surface area (TPSA) is 142 Å². The molecule has 1 heterocycles. The van der Waals surface area contributed by atoms with Gasteiger partial charge in [0.15, 0.2) is 5.96 Å². The number of aromatic nitrogens is 1. The van der Waals surface area contributed by atoms with Crippen molar-refractivity contribution in [3.63, 3.8) is 0 Å². The summed E-state index contributed by atoms with van der Waals surface area (Å²) in [7, 11) is 1.57. The molecular weight excluding hydrogens is 252 g/mol. The summed E-state index contributed by atoms with van der Waals surface area (Å²) in [4.78, 5) is 25.6. The Labute approximate surface area is 109 Å². The third kappa shape index (κ3) is 4.30. The smallest absolute Gasteiger partial charge is 0.287 e. The van der Waals surface area contributed by atoms with E-state index in [1.165, 1.54) is 16.8 Å². The van der Waals surface area contributed by atoms with Crippen molar-refractivity contribution in [2.75, 3.05) is 13.1 Å². The maximum atomic E-state index is 11.8. The molecule has 1 aromatic rings. The lowest BCUT2D eigenvalue weighted by molar-refractivity contribution is -0.384. The number of carbonyl (C=O) groups is 1. The highest BCUT2D eigenvalue weighted by molar-refractivity contribution is 5.93. The monoisotopic (exact) mass is 268 g/mol. The van der Waals surface area contributed by atoms with Crippen molar-refractivity contribution in [2.45, 2.75) is 6.42 Å². The number of nitrogens with two attached hydrogens (primary N) is 2. The Morgan fingerprint density at radius 1 is 1.58 bits per heavy atom. The Bertz CT molecular complexity index is 503. The van der Waals surface area contributed by atoms with Gasteiger partial charge in [-0.1, -0.05) is 0 Å². The van der Waals surface area contributed by atoms with Crippen LogP contribution in [-0.2, 0) is 7.05 Å². The zero-order valence-electron chi connectivity index (χ0n) is 10.5. The van der Waals surface area contributed by atoms with Gasteiger partial charge in [-0.3, -0.25) is 19.9 Å². The maximum absolute atomic E-state index is 11.8. The molecule has 19 heavy (non-hydrogen) atoms. The van der Waals surface area contributed by atoms with Gasteiger partial charge in [0.2, 0.25) is 0 Å². The molecule has 0 aromatic carbocycles. The summed E-state index contributed by atoms with van der Waals surface area (Å²) in [6.45, 7) is 0.796. The number of nitrogens with one attached hydrogen (secondary N) is 1. The highest BCUT2D eigenvalue weighted by atomic mass is 16.6. The molecule has 1 amide bonds. The van der Waals surface area contributed by atoms with Crippen molar-refractivity contribution in [3.8, 4) is 0 Å². The molecule has 0 spiro atoms. The zero-order valence-corrected chi connectivity index (χ0v) is 10.5. The van der Waals surface area contributed by atoms with Crippen LogP contribution in [0.25, 0.3) is 0 Å². The average Bonchev–Trinajstić information content (AvgIpc) is 2.70. The second-order valence-electron chi connectivity index (χ2n) is 3.87. The Morgan fingerprint density at radius 3 is 2.79 bits per heavy atom. The van der Waals surface area contributed by atoms with Crippen molar-refractivity contribution in [2.24, 2.45) is 23.5 Å². The summed E-state index contributed by atoms with van der Waals surface area (Å²) < 4.78 is 1.41. The Morgan fingerprint density at radius 2 is 2.26 bits per heavy atom. The predicted molar refractivity (Wildman–Crippen MR) is 69.7 cm³/mol. The number of hydrogen-bond donors (Lipinski definition) is 3. The van der Waals surface area contributed by atoms with Crippen LogP contribution < -0.4 is 16.8 Å². The number of aryl methyl sites for hydroxylation is 1. The minimum absolute atomic E-state index is 0.00406. The molecule has 0 fully saturated rings. The van der Waals surface area contributed by atoms with Crippen LogP contribution in [0.2, 0.25) is 0 Å². The fourth-order valence-electron chi connectivity index (χ4n) is 1.45. The first kappa shape index (κ1) is 14.5. The van der Waals surface area contributed by atoms with Gasteiger partial charge in [-0.15, -0.1) is 0 Å². The van der Waals surface area contributed by atoms with E-state index >= 15 is 0 Å². The third-order valence-corrected chi connectivity index (χ3v) is 2.35. The molecule has 9 heteroatoms. The Kier molecular flexibility index (Phi) is 4.86. The number of carbonyl (C=O) groups excluding carboxylic acids is 1. The molecule has 0 unspecified atom stereocenters. The lowest BCUT2D eigenvalue weighted by atomic mass is 10.3. The average molecular weight is 268 g/mol. The van der Waals surface area contributed by atoms with Crippen LogP contribution in [0.5, 0.6) is 0 Å². The summed E-state index contributed by atoms with van der Waals surface area (Å²) in [6, 6.07) is 1.23. The first-order valence-electron chi connectivity index (χ1n) is 5.56. The second-order valence-corrected chi connectivity index (χ2v) is 3.87. The van der Waals surface area contributed by atoms with Crippen molar-refractivity contribution in [3.05, 3.63) is 28.1 Å². The van der Waals surface area contributed by atoms with E-state index in [-0.39, 0.29) is 23.2 Å². The van der Waals surface area contributed by atoms with Gasteiger partial charge in [0, 0.05) is 26.2 Å². The van der Waals surface area contributed by atoms with E-state index in [2.05, 4.69) is 10.3 Å². The molecule has 104 valence electrons. The van der Waals surface area contributed by atoms with Crippen LogP contribution in [0, 0.1) is 10.1 Å². The van der Waals surface area contributed by atoms with E-state index < -0.39 is 4.92 Å². The van der Waals surface area contributed by atoms with Gasteiger partial charge in [-0.05, 0) is 6.42 Å². The second kappa shape index (κ2) is 6.38. The van der Waals surface area contributed by atoms with Crippen LogP contribution >= 0.6 is 0 Å². The third-order valence-electron chi connectivity index (χ3n) is 2.35. The van der Waals surface area contributed by atoms with Gasteiger partial charge in [0.25, 0.3) is 11.6 Å². The number of hydrogen-bond acceptors (Lipinski definition) is 4. The summed E-state index contributed by atoms with van der Waals surface area (Å²) in [5.74, 6) is -0.371. The van der Waals surface area contributed by atoms with Crippen molar-refractivity contribution < 1.29 is 9.72 Å². The molecule has 0 bridgehead atoms. The van der Waals surface area contributed by atoms with Crippen molar-refractivity contribution in [1.82, 2.24) is 9.88 Å². The molecule has 0 saturated heterocycles. The molecule has 0 aliphatic heterocycles. The number of amides is 1. The molecule has 0 saturated carbocycles. The van der Waals surface area contributed by atoms with Gasteiger partial charge >= 0.3 is 0 Å². The van der Waals surface area contributed by atoms with E-state index in [0.29, 0.717) is 19.5 Å². The first-order valence-corrected chi connectivity index (χ1v) is 5.56. The SMILES string of the molecule is Cn1cc([N+](=O)[O-])cc1C(=O)NCCCN=C(N)N. The first-order chi connectivity index (χ1) is 8.91. The molecule has 5 N–H and O–H groups in total. The summed E-state index contributed by atoms with van der Waals surface area (Å²) in [5, 5.41) is 13.2. The molecule has 1 rings (SSSR count). The highest BCUT2D eigenvalue weighted by Crippen LogP contribution is 2.14. The maximum Gasteiger partial charge on any atom is 0.287 e. The van der Waals surface area contributed by atoms with Crippen molar-refractivity contribution >= 4 is 17.6 Å². The molecular formula is C10H16N6O3. The molecule has 0 atom stereocenters. The van der Waals surface area contributed by atoms with E-state index in [4.69, 9.17) is 11.5 Å². The summed E-state index contributed by atoms with van der Waals surface area (Å²) in [5.41, 5.74) is 10.4. The van der Waals surface area contributed by atoms with Gasteiger partial charge in [0.05, 0.1) is 11.1 Å². The minimum Gasteiger partial charge on any atom is -0.370 e. The molecule has 0 aliphatic carbocycles. The van der Waals surface area contributed by atoms with Crippen LogP contribution in [0.1, 0.15) is 16.9 Å². The van der Waals surface area contributed by atoms with Gasteiger partial charge in [0.1, 0.15) is 5.69 Å². The molecule has 0 aliphatic rings. The number of nitrogens with zero attached hydrogens (tertiary/aromatic N) is 3. The van der Waals surface area contributed by atoms with Gasteiger partial charge < -0.3 is 21.4 Å². The highest BCUT2D eigenvalue weighted by Gasteiger charge is 2.16. The fraction of sp³-hybridized carbons (Fsp3) is 0.400. The van der Waals surface area contributed by atoms with Crippen LogP contribution in [0.15, 0.2) is 17.3 Å². The summed E-state index contributed by atoms with van der Waals surface area (Å²) in [6.07, 6.45) is 1.87. The van der Waals surface area contributed by atoms with Crippen LogP contribution in [-0.4, -0.2) is 34.4 Å². The van der Waals surface area contributed by atoms with Crippen LogP contribution in [0.4, 0.5) is 5.69 Å². The normalized spacial score (nSPS) is 9.95. The van der Waals surface area contributed by atoms with E-state index in [1.807, 2.05) is 0 Å². The van der Waals surface area contributed by atoms with Gasteiger partial charge in [-0.2, -0.15) is 0 Å². The predicted octanol–water partition coefficient (Wildman–Crippen LogP) is -0.673. The van der Waals surface area contributed by atoms with E-state index in [9.17, 15) is 14.9 Å². The number of aliphatic imine (C=N–C) groups is 1. The zero-order chi connectivity index (χ0) is 14.4. The van der Waals surface area contributed by atoms with E-state index in [1.54, 1.807) is 7.05 Å². The Hall–Kier alpha value is -2.58.